The Morgan fingerprint density at radius 2 is 1.26 bits per heavy atom. The third-order valence-electron chi connectivity index (χ3n) is 7.53. The van der Waals surface area contributed by atoms with Gasteiger partial charge in [0.15, 0.2) is 0 Å². The molecule has 0 saturated carbocycles. The fourth-order valence-corrected chi connectivity index (χ4v) is 4.88. The Morgan fingerprint density at radius 3 is 1.83 bits per heavy atom. The summed E-state index contributed by atoms with van der Waals surface area (Å²) in [5.41, 5.74) is 0.451. The minimum Gasteiger partial charge on any atom is -0.494 e. The molecule has 0 amide bonds. The van der Waals surface area contributed by atoms with Crippen LogP contribution >= 0.6 is 0 Å². The molecule has 0 aromatic heterocycles. The third kappa shape index (κ3) is 10.9. The van der Waals surface area contributed by atoms with E-state index < -0.39 is 30.2 Å². The number of carbonyl (C=O) groups is 1. The highest BCUT2D eigenvalue weighted by molar-refractivity contribution is 6.06. The SMILES string of the molecule is BO[C@@]1(C(=O)c2ccc(OCCCC)cc2)O[C@H](COCCCC)[C@@H](OCCCC)[C@H](OCCCC)[C@H]1OCCCC. The second-order valence-electron chi connectivity index (χ2n) is 11.0. The zero-order valence-corrected chi connectivity index (χ0v) is 27.2. The highest BCUT2D eigenvalue weighted by atomic mass is 16.7. The summed E-state index contributed by atoms with van der Waals surface area (Å²) >= 11 is 0. The molecule has 1 saturated heterocycles. The minimum atomic E-state index is -1.74. The summed E-state index contributed by atoms with van der Waals surface area (Å²) in [6.45, 7) is 13.6. The summed E-state index contributed by atoms with van der Waals surface area (Å²) < 4.78 is 44.2. The van der Waals surface area contributed by atoms with Crippen molar-refractivity contribution in [3.05, 3.63) is 29.8 Å². The largest absolute Gasteiger partial charge is 0.494 e. The van der Waals surface area contributed by atoms with Gasteiger partial charge in [0.05, 0.1) is 13.2 Å². The van der Waals surface area contributed by atoms with Gasteiger partial charge in [-0.25, -0.2) is 0 Å². The normalized spacial score (nSPS) is 24.1. The van der Waals surface area contributed by atoms with Crippen LogP contribution in [0.5, 0.6) is 5.75 Å². The fraction of sp³-hybridized carbons (Fsp3) is 0.788. The van der Waals surface area contributed by atoms with Crippen LogP contribution in [0.3, 0.4) is 0 Å². The lowest BCUT2D eigenvalue weighted by Crippen LogP contribution is -2.70. The second kappa shape index (κ2) is 21.3. The highest BCUT2D eigenvalue weighted by Gasteiger charge is 2.61. The molecule has 1 aromatic carbocycles. The number of rotatable bonds is 24. The lowest BCUT2D eigenvalue weighted by Gasteiger charge is -2.51. The van der Waals surface area contributed by atoms with Gasteiger partial charge in [-0.3, -0.25) is 4.79 Å². The van der Waals surface area contributed by atoms with Crippen molar-refractivity contribution in [3.63, 3.8) is 0 Å². The van der Waals surface area contributed by atoms with Crippen molar-refractivity contribution < 1.29 is 37.9 Å². The Balaban J connectivity index is 2.51. The number of hydrogen-bond donors (Lipinski definition) is 0. The van der Waals surface area contributed by atoms with Gasteiger partial charge in [0.2, 0.25) is 11.6 Å². The van der Waals surface area contributed by atoms with Crippen molar-refractivity contribution >= 4 is 13.8 Å². The molecule has 42 heavy (non-hydrogen) atoms. The summed E-state index contributed by atoms with van der Waals surface area (Å²) in [5.74, 6) is -1.33. The van der Waals surface area contributed by atoms with Crippen LogP contribution in [0.2, 0.25) is 0 Å². The molecule has 5 atom stereocenters. The maximum Gasteiger partial charge on any atom is 0.261 e. The maximum atomic E-state index is 14.4. The van der Waals surface area contributed by atoms with Crippen molar-refractivity contribution in [1.82, 2.24) is 0 Å². The Hall–Kier alpha value is -1.49. The van der Waals surface area contributed by atoms with Gasteiger partial charge in [0.1, 0.15) is 30.2 Å². The zero-order valence-electron chi connectivity index (χ0n) is 27.2. The Labute approximate surface area is 255 Å². The van der Waals surface area contributed by atoms with Crippen LogP contribution in [0.25, 0.3) is 0 Å². The zero-order chi connectivity index (χ0) is 30.6. The number of benzene rings is 1. The molecule has 0 radical (unpaired) electrons. The lowest BCUT2D eigenvalue weighted by atomic mass is 9.86. The van der Waals surface area contributed by atoms with Gasteiger partial charge in [-0.1, -0.05) is 66.7 Å². The van der Waals surface area contributed by atoms with Crippen LogP contribution in [0, 0.1) is 0 Å². The van der Waals surface area contributed by atoms with Gasteiger partial charge in [-0.05, 0) is 56.4 Å². The van der Waals surface area contributed by atoms with Crippen LogP contribution in [-0.2, 0) is 28.3 Å². The molecule has 2 rings (SSSR count). The quantitative estimate of drug-likeness (QED) is 0.0812. The summed E-state index contributed by atoms with van der Waals surface area (Å²) in [6.07, 6.45) is 7.06. The molecule has 1 aliphatic heterocycles. The number of ketones is 1. The molecule has 240 valence electrons. The summed E-state index contributed by atoms with van der Waals surface area (Å²) in [6, 6.07) is 7.17. The summed E-state index contributed by atoms with van der Waals surface area (Å²) in [5, 5.41) is 0. The van der Waals surface area contributed by atoms with Gasteiger partial charge in [-0.15, -0.1) is 0 Å². The highest BCUT2D eigenvalue weighted by Crippen LogP contribution is 2.39. The lowest BCUT2D eigenvalue weighted by molar-refractivity contribution is -0.334. The first kappa shape index (κ1) is 36.7. The van der Waals surface area contributed by atoms with E-state index in [0.717, 1.165) is 70.0 Å². The topological polar surface area (TPSA) is 81.7 Å². The molecule has 1 aromatic rings. The number of hydrogen-bond acceptors (Lipinski definition) is 8. The van der Waals surface area contributed by atoms with Gasteiger partial charge < -0.3 is 33.1 Å². The van der Waals surface area contributed by atoms with Crippen molar-refractivity contribution in [2.24, 2.45) is 0 Å². The average Bonchev–Trinajstić information content (AvgIpc) is 3.01. The smallest absolute Gasteiger partial charge is 0.261 e. The van der Waals surface area contributed by atoms with Gasteiger partial charge in [0.25, 0.3) is 8.05 Å². The number of carbonyl (C=O) groups excluding carboxylic acids is 1. The predicted molar refractivity (Wildman–Crippen MR) is 168 cm³/mol. The van der Waals surface area contributed by atoms with Crippen molar-refractivity contribution in [2.45, 2.75) is 129 Å². The monoisotopic (exact) mass is 592 g/mol. The molecule has 1 heterocycles. The molecule has 0 N–H and O–H groups in total. The van der Waals surface area contributed by atoms with E-state index in [1.807, 2.05) is 12.1 Å². The van der Waals surface area contributed by atoms with Crippen LogP contribution < -0.4 is 4.74 Å². The third-order valence-corrected chi connectivity index (χ3v) is 7.53. The first-order chi connectivity index (χ1) is 20.5. The second-order valence-corrected chi connectivity index (χ2v) is 11.0. The molecule has 9 heteroatoms. The molecule has 0 bridgehead atoms. The molecular formula is C33H57BO8. The van der Waals surface area contributed by atoms with E-state index in [2.05, 4.69) is 34.6 Å². The van der Waals surface area contributed by atoms with Crippen LogP contribution in [0.15, 0.2) is 24.3 Å². The summed E-state index contributed by atoms with van der Waals surface area (Å²) in [7, 11) is 1.51. The van der Waals surface area contributed by atoms with Crippen LogP contribution in [-0.4, -0.2) is 83.7 Å². The van der Waals surface area contributed by atoms with Crippen LogP contribution in [0.4, 0.5) is 0 Å². The van der Waals surface area contributed by atoms with E-state index >= 15 is 0 Å². The first-order valence-corrected chi connectivity index (χ1v) is 16.5. The molecular weight excluding hydrogens is 535 g/mol. The van der Waals surface area contributed by atoms with E-state index in [1.165, 1.54) is 8.05 Å². The van der Waals surface area contributed by atoms with Crippen molar-refractivity contribution in [1.29, 1.82) is 0 Å². The fourth-order valence-electron chi connectivity index (χ4n) is 4.88. The molecule has 1 fully saturated rings. The van der Waals surface area contributed by atoms with E-state index in [0.29, 0.717) is 38.6 Å². The molecule has 1 aliphatic rings. The first-order valence-electron chi connectivity index (χ1n) is 16.5. The van der Waals surface area contributed by atoms with E-state index in [1.54, 1.807) is 12.1 Å². The molecule has 8 nitrogen and oxygen atoms in total. The number of unbranched alkanes of at least 4 members (excludes halogenated alkanes) is 5. The standard InChI is InChI=1S/C33H57BO8/c1-6-11-20-36-25-28-29(38-22-13-8-3)30(39-23-14-9-4)32(40-24-15-10-5)33(41-28,42-34)31(35)26-16-18-27(19-17-26)37-21-12-7-2/h16-19,28-30,32H,6-15,20-25,34H2,1-5H3/t28-,29-,30+,32-,33-/m1/s1. The van der Waals surface area contributed by atoms with Gasteiger partial charge in [-0.2, -0.15) is 0 Å². The van der Waals surface area contributed by atoms with Crippen molar-refractivity contribution in [3.8, 4) is 5.75 Å². The molecule has 0 aliphatic carbocycles. The van der Waals surface area contributed by atoms with E-state index in [4.69, 9.17) is 33.1 Å². The maximum absolute atomic E-state index is 14.4. The molecule has 0 unspecified atom stereocenters. The average molecular weight is 593 g/mol. The van der Waals surface area contributed by atoms with Crippen LogP contribution in [0.1, 0.15) is 109 Å². The molecule has 0 spiro atoms. The van der Waals surface area contributed by atoms with E-state index in [-0.39, 0.29) is 12.4 Å². The minimum absolute atomic E-state index is 0.259. The number of ether oxygens (including phenoxy) is 6. The Kier molecular flexibility index (Phi) is 18.6. The summed E-state index contributed by atoms with van der Waals surface area (Å²) in [4.78, 5) is 14.4. The van der Waals surface area contributed by atoms with E-state index in [9.17, 15) is 4.79 Å². The predicted octanol–water partition coefficient (Wildman–Crippen LogP) is 6.08. The number of Topliss-reactive ketones (excluding diaryl/α,β-unsaturated/α-hetero) is 1. The van der Waals surface area contributed by atoms with Gasteiger partial charge in [0, 0.05) is 32.0 Å². The van der Waals surface area contributed by atoms with Gasteiger partial charge >= 0.3 is 0 Å². The Morgan fingerprint density at radius 1 is 0.738 bits per heavy atom. The Bertz CT molecular complexity index is 838. The van der Waals surface area contributed by atoms with Crippen molar-refractivity contribution in [2.75, 3.05) is 39.6 Å².